The second-order valence-corrected chi connectivity index (χ2v) is 15.7. The van der Waals surface area contributed by atoms with Crippen LogP contribution >= 0.6 is 0 Å². The van der Waals surface area contributed by atoms with Crippen molar-refractivity contribution in [3.8, 4) is 16.9 Å². The van der Waals surface area contributed by atoms with Crippen LogP contribution in [0.15, 0.2) is 97.3 Å². The molecule has 6 rings (SSSR count). The Morgan fingerprint density at radius 3 is 2.29 bits per heavy atom. The van der Waals surface area contributed by atoms with Crippen molar-refractivity contribution in [2.45, 2.75) is 25.7 Å². The molecule has 0 atom stereocenters. The molecule has 0 unspecified atom stereocenters. The van der Waals surface area contributed by atoms with E-state index in [1.54, 1.807) is 6.33 Å². The minimum atomic E-state index is -1.25. The van der Waals surface area contributed by atoms with E-state index in [-0.39, 0.29) is 0 Å². The molecule has 0 aliphatic carbocycles. The molecule has 34 heavy (non-hydrogen) atoms. The predicted molar refractivity (Wildman–Crippen MR) is 146 cm³/mol. The van der Waals surface area contributed by atoms with Crippen molar-refractivity contribution in [1.29, 1.82) is 0 Å². The number of para-hydroxylation sites is 1. The van der Waals surface area contributed by atoms with Gasteiger partial charge in [-0.2, -0.15) is 0 Å². The van der Waals surface area contributed by atoms with Crippen LogP contribution in [-0.4, -0.2) is 22.6 Å². The Hall–Kier alpha value is -3.76. The lowest BCUT2D eigenvalue weighted by molar-refractivity contribution is 1.14. The average molecular weight is 458 g/mol. The summed E-state index contributed by atoms with van der Waals surface area (Å²) in [6, 6.07) is 33.7. The molecule has 166 valence electrons. The molecule has 0 radical (unpaired) electrons. The molecule has 2 heterocycles. The summed E-state index contributed by atoms with van der Waals surface area (Å²) in [4.78, 5) is 9.61. The van der Waals surface area contributed by atoms with E-state index in [9.17, 15) is 0 Å². The second-order valence-electron chi connectivity index (χ2n) is 10.2. The highest BCUT2D eigenvalue weighted by atomic mass is 28.3. The summed E-state index contributed by atoms with van der Waals surface area (Å²) >= 11 is 0. The van der Waals surface area contributed by atoms with Crippen LogP contribution in [0.1, 0.15) is 5.56 Å². The minimum absolute atomic E-state index is 0.961. The van der Waals surface area contributed by atoms with Gasteiger partial charge in [-0.15, -0.1) is 0 Å². The van der Waals surface area contributed by atoms with E-state index in [2.05, 4.69) is 115 Å². The number of benzene rings is 4. The van der Waals surface area contributed by atoms with Gasteiger partial charge in [0.05, 0.1) is 16.7 Å². The first-order chi connectivity index (χ1) is 16.5. The Labute approximate surface area is 200 Å². The lowest BCUT2D eigenvalue weighted by atomic mass is 10.0. The van der Waals surface area contributed by atoms with Crippen molar-refractivity contribution in [3.05, 3.63) is 103 Å². The van der Waals surface area contributed by atoms with Crippen molar-refractivity contribution >= 4 is 40.8 Å². The van der Waals surface area contributed by atoms with Gasteiger partial charge in [0.1, 0.15) is 11.8 Å². The quantitative estimate of drug-likeness (QED) is 0.253. The van der Waals surface area contributed by atoms with Gasteiger partial charge in [0, 0.05) is 24.7 Å². The second kappa shape index (κ2) is 7.92. The highest BCUT2D eigenvalue weighted by Crippen LogP contribution is 2.37. The van der Waals surface area contributed by atoms with Gasteiger partial charge in [-0.1, -0.05) is 86.4 Å². The Morgan fingerprint density at radius 2 is 1.50 bits per heavy atom. The molecular formula is C30H27N3Si. The lowest BCUT2D eigenvalue weighted by Crippen LogP contribution is -2.23. The van der Waals surface area contributed by atoms with E-state index >= 15 is 0 Å². The zero-order chi connectivity index (χ0) is 23.3. The zero-order valence-electron chi connectivity index (χ0n) is 19.8. The number of hydrogen-bond donors (Lipinski definition) is 0. The molecular weight excluding hydrogens is 430 g/mol. The highest BCUT2D eigenvalue weighted by Gasteiger charge is 2.20. The molecule has 0 saturated heterocycles. The Balaban J connectivity index is 1.69. The van der Waals surface area contributed by atoms with E-state index in [1.807, 2.05) is 0 Å². The first kappa shape index (κ1) is 20.8. The highest BCUT2D eigenvalue weighted by molar-refractivity contribution is 6.75. The van der Waals surface area contributed by atoms with Crippen LogP contribution in [0.2, 0.25) is 19.6 Å². The lowest BCUT2D eigenvalue weighted by Gasteiger charge is -2.16. The summed E-state index contributed by atoms with van der Waals surface area (Å²) in [5, 5.41) is 3.62. The van der Waals surface area contributed by atoms with Crippen LogP contribution in [0, 0.1) is 0 Å². The summed E-state index contributed by atoms with van der Waals surface area (Å²) in [5.41, 5.74) is 7.84. The van der Waals surface area contributed by atoms with Crippen LogP contribution in [0.25, 0.3) is 49.7 Å². The van der Waals surface area contributed by atoms with Crippen LogP contribution in [0.3, 0.4) is 0 Å². The molecule has 0 N–H and O–H groups in total. The standard InChI is InChI=1S/C30H27N3Si/c1-34(2,3)19-21-13-16-26-27(17-21)33(25-11-5-4-6-12-25)30-28(31-20-32-29(26)30)24-15-14-22-9-7-8-10-23(22)18-24/h4-18,20H,19H2,1-3H3. The van der Waals surface area contributed by atoms with E-state index in [4.69, 9.17) is 9.97 Å². The molecule has 0 spiro atoms. The smallest absolute Gasteiger partial charge is 0.116 e. The Kier molecular flexibility index (Phi) is 4.85. The van der Waals surface area contributed by atoms with Gasteiger partial charge in [-0.25, -0.2) is 9.97 Å². The molecule has 3 nitrogen and oxygen atoms in total. The fraction of sp³-hybridized carbons (Fsp3) is 0.133. The van der Waals surface area contributed by atoms with Gasteiger partial charge >= 0.3 is 0 Å². The van der Waals surface area contributed by atoms with Gasteiger partial charge < -0.3 is 4.57 Å². The minimum Gasteiger partial charge on any atom is -0.306 e. The van der Waals surface area contributed by atoms with Gasteiger partial charge in [0.25, 0.3) is 0 Å². The molecule has 0 saturated carbocycles. The topological polar surface area (TPSA) is 30.7 Å². The third-order valence-corrected chi connectivity index (χ3v) is 7.84. The van der Waals surface area contributed by atoms with Crippen LogP contribution < -0.4 is 0 Å². The van der Waals surface area contributed by atoms with E-state index in [0.717, 1.165) is 34.0 Å². The first-order valence-electron chi connectivity index (χ1n) is 11.8. The molecule has 2 aromatic heterocycles. The van der Waals surface area contributed by atoms with Gasteiger partial charge in [0.15, 0.2) is 0 Å². The summed E-state index contributed by atoms with van der Waals surface area (Å²) in [6.07, 6.45) is 1.71. The van der Waals surface area contributed by atoms with Gasteiger partial charge in [-0.05, 0) is 46.6 Å². The van der Waals surface area contributed by atoms with Crippen molar-refractivity contribution in [2.75, 3.05) is 0 Å². The maximum Gasteiger partial charge on any atom is 0.116 e. The summed E-state index contributed by atoms with van der Waals surface area (Å²) < 4.78 is 2.35. The van der Waals surface area contributed by atoms with Crippen LogP contribution in [-0.2, 0) is 6.04 Å². The molecule has 0 bridgehead atoms. The SMILES string of the molecule is C[Si](C)(C)Cc1ccc2c3ncnc(-c4ccc5ccccc5c4)c3n(-c3ccccc3)c2c1. The van der Waals surface area contributed by atoms with Crippen molar-refractivity contribution in [3.63, 3.8) is 0 Å². The fourth-order valence-corrected chi connectivity index (χ4v) is 6.43. The third-order valence-electron chi connectivity index (χ3n) is 6.38. The number of nitrogens with zero attached hydrogens (tertiary/aromatic N) is 3. The average Bonchev–Trinajstić information content (AvgIpc) is 3.17. The number of fused-ring (bicyclic) bond motifs is 4. The molecule has 4 heteroatoms. The molecule has 4 aromatic carbocycles. The Bertz CT molecular complexity index is 1660. The van der Waals surface area contributed by atoms with Crippen molar-refractivity contribution < 1.29 is 0 Å². The van der Waals surface area contributed by atoms with Gasteiger partial charge in [-0.3, -0.25) is 0 Å². The number of aromatic nitrogens is 3. The van der Waals surface area contributed by atoms with E-state index in [0.29, 0.717) is 0 Å². The van der Waals surface area contributed by atoms with E-state index in [1.165, 1.54) is 27.2 Å². The maximum atomic E-state index is 4.82. The predicted octanol–water partition coefficient (Wildman–Crippen LogP) is 7.81. The number of hydrogen-bond acceptors (Lipinski definition) is 2. The zero-order valence-corrected chi connectivity index (χ0v) is 20.8. The molecule has 0 aliphatic rings. The summed E-state index contributed by atoms with van der Waals surface area (Å²) in [5.74, 6) is 0. The normalized spacial score (nSPS) is 12.1. The molecule has 0 fully saturated rings. The fourth-order valence-electron chi connectivity index (χ4n) is 4.99. The molecule has 0 amide bonds. The monoisotopic (exact) mass is 457 g/mol. The third kappa shape index (κ3) is 3.60. The van der Waals surface area contributed by atoms with Crippen LogP contribution in [0.5, 0.6) is 0 Å². The van der Waals surface area contributed by atoms with E-state index < -0.39 is 8.07 Å². The van der Waals surface area contributed by atoms with Crippen molar-refractivity contribution in [2.24, 2.45) is 0 Å². The van der Waals surface area contributed by atoms with Gasteiger partial charge in [0.2, 0.25) is 0 Å². The maximum absolute atomic E-state index is 4.82. The summed E-state index contributed by atoms with van der Waals surface area (Å²) in [7, 11) is -1.25. The van der Waals surface area contributed by atoms with Crippen LogP contribution in [0.4, 0.5) is 0 Å². The Morgan fingerprint density at radius 1 is 0.735 bits per heavy atom. The van der Waals surface area contributed by atoms with Crippen molar-refractivity contribution in [1.82, 2.24) is 14.5 Å². The first-order valence-corrected chi connectivity index (χ1v) is 15.5. The largest absolute Gasteiger partial charge is 0.306 e. The summed E-state index contributed by atoms with van der Waals surface area (Å²) in [6.45, 7) is 7.27. The molecule has 6 aromatic rings. The molecule has 0 aliphatic heterocycles. The number of rotatable bonds is 4.